The summed E-state index contributed by atoms with van der Waals surface area (Å²) in [7, 11) is 2.20. The number of likely N-dealkylation sites (N-methyl/N-ethyl adjacent to an activating group) is 1. The minimum atomic E-state index is 0.233. The summed E-state index contributed by atoms with van der Waals surface area (Å²) in [5, 5.41) is 2.23. The van der Waals surface area contributed by atoms with Gasteiger partial charge in [-0.3, -0.25) is 4.79 Å². The van der Waals surface area contributed by atoms with E-state index in [1.165, 1.54) is 12.8 Å². The van der Waals surface area contributed by atoms with Crippen LogP contribution in [0.25, 0.3) is 0 Å². The van der Waals surface area contributed by atoms with Crippen LogP contribution in [0.2, 0.25) is 0 Å². The lowest BCUT2D eigenvalue weighted by Crippen LogP contribution is -3.12. The number of carbonyl (C=O) groups excluding carboxylic acids is 1. The van der Waals surface area contributed by atoms with E-state index in [-0.39, 0.29) is 6.04 Å². The standard InChI is InChI=1S/C11H21N3O/c1-13-6-8-14(9-7-13)11(15)10-4-2-3-5-12-10/h10,12H,2-9H2,1H3/p+2/t10-/m0/s1. The maximum Gasteiger partial charge on any atom is 0.281 e. The number of piperidine rings is 1. The van der Waals surface area contributed by atoms with Crippen LogP contribution in [-0.4, -0.2) is 56.6 Å². The van der Waals surface area contributed by atoms with Crippen LogP contribution in [0.15, 0.2) is 0 Å². The topological polar surface area (TPSA) is 41.4 Å². The minimum absolute atomic E-state index is 0.233. The van der Waals surface area contributed by atoms with Gasteiger partial charge in [0.25, 0.3) is 5.91 Å². The van der Waals surface area contributed by atoms with Crippen LogP contribution in [0.4, 0.5) is 0 Å². The highest BCUT2D eigenvalue weighted by molar-refractivity contribution is 5.80. The molecular formula is C11H23N3O+2. The van der Waals surface area contributed by atoms with E-state index in [1.54, 1.807) is 4.90 Å². The third-order valence-electron chi connectivity index (χ3n) is 3.67. The lowest BCUT2D eigenvalue weighted by molar-refractivity contribution is -0.883. The predicted molar refractivity (Wildman–Crippen MR) is 57.6 cm³/mol. The van der Waals surface area contributed by atoms with E-state index in [0.29, 0.717) is 5.91 Å². The van der Waals surface area contributed by atoms with Gasteiger partial charge in [0.1, 0.15) is 0 Å². The first-order chi connectivity index (χ1) is 7.27. The normalized spacial score (nSPS) is 29.1. The first-order valence-corrected chi connectivity index (χ1v) is 6.21. The largest absolute Gasteiger partial charge is 0.336 e. The van der Waals surface area contributed by atoms with Gasteiger partial charge < -0.3 is 15.1 Å². The van der Waals surface area contributed by atoms with Crippen LogP contribution in [0, 0.1) is 0 Å². The number of hydrogen-bond acceptors (Lipinski definition) is 1. The van der Waals surface area contributed by atoms with Crippen LogP contribution in [0.3, 0.4) is 0 Å². The highest BCUT2D eigenvalue weighted by Gasteiger charge is 2.31. The second-order valence-electron chi connectivity index (χ2n) is 4.91. The lowest BCUT2D eigenvalue weighted by atomic mass is 10.0. The maximum atomic E-state index is 12.1. The Kier molecular flexibility index (Phi) is 3.59. The Balaban J connectivity index is 1.84. The molecule has 0 aromatic heterocycles. The Morgan fingerprint density at radius 1 is 1.33 bits per heavy atom. The van der Waals surface area contributed by atoms with Crippen molar-refractivity contribution in [2.24, 2.45) is 0 Å². The second kappa shape index (κ2) is 4.94. The molecule has 2 rings (SSSR count). The molecule has 2 aliphatic heterocycles. The average molecular weight is 213 g/mol. The van der Waals surface area contributed by atoms with E-state index in [0.717, 1.165) is 39.1 Å². The minimum Gasteiger partial charge on any atom is -0.336 e. The summed E-state index contributed by atoms with van der Waals surface area (Å²) in [5.41, 5.74) is 0. The Morgan fingerprint density at radius 2 is 2.07 bits per heavy atom. The molecule has 3 N–H and O–H groups in total. The van der Waals surface area contributed by atoms with Crippen molar-refractivity contribution >= 4 is 5.91 Å². The fraction of sp³-hybridized carbons (Fsp3) is 0.909. The van der Waals surface area contributed by atoms with Crippen LogP contribution < -0.4 is 10.2 Å². The van der Waals surface area contributed by atoms with Gasteiger partial charge in [-0.1, -0.05) is 0 Å². The first-order valence-electron chi connectivity index (χ1n) is 6.21. The van der Waals surface area contributed by atoms with E-state index in [4.69, 9.17) is 0 Å². The maximum absolute atomic E-state index is 12.1. The SMILES string of the molecule is C[NH+]1CCN(C(=O)[C@@H]2CCCC[NH2+]2)CC1. The zero-order valence-electron chi connectivity index (χ0n) is 9.67. The Bertz CT molecular complexity index is 218. The molecule has 1 amide bonds. The summed E-state index contributed by atoms with van der Waals surface area (Å²) in [6.07, 6.45) is 3.58. The molecule has 2 heterocycles. The summed E-state index contributed by atoms with van der Waals surface area (Å²) in [5.74, 6) is 0.391. The van der Waals surface area contributed by atoms with Crippen LogP contribution >= 0.6 is 0 Å². The number of nitrogens with one attached hydrogen (secondary N) is 1. The van der Waals surface area contributed by atoms with E-state index in [2.05, 4.69) is 17.3 Å². The summed E-state index contributed by atoms with van der Waals surface area (Å²) in [6.45, 7) is 5.26. The van der Waals surface area contributed by atoms with Crippen molar-refractivity contribution < 1.29 is 15.0 Å². The summed E-state index contributed by atoms with van der Waals surface area (Å²) < 4.78 is 0. The molecule has 2 fully saturated rings. The number of hydrogen-bond donors (Lipinski definition) is 2. The molecule has 0 aromatic rings. The Labute approximate surface area is 91.6 Å². The molecule has 86 valence electrons. The van der Waals surface area contributed by atoms with Gasteiger partial charge in [-0.05, 0) is 12.8 Å². The number of rotatable bonds is 1. The molecule has 0 saturated carbocycles. The number of carbonyl (C=O) groups is 1. The fourth-order valence-corrected chi connectivity index (χ4v) is 2.51. The van der Waals surface area contributed by atoms with Crippen molar-refractivity contribution in [2.45, 2.75) is 25.3 Å². The molecule has 0 aromatic carbocycles. The van der Waals surface area contributed by atoms with Gasteiger partial charge in [0, 0.05) is 6.42 Å². The number of piperazine rings is 1. The van der Waals surface area contributed by atoms with E-state index in [1.807, 2.05) is 0 Å². The van der Waals surface area contributed by atoms with Gasteiger partial charge in [0.2, 0.25) is 0 Å². The fourth-order valence-electron chi connectivity index (χ4n) is 2.51. The van der Waals surface area contributed by atoms with Crippen molar-refractivity contribution in [1.82, 2.24) is 4.90 Å². The van der Waals surface area contributed by atoms with E-state index in [9.17, 15) is 4.79 Å². The van der Waals surface area contributed by atoms with Gasteiger partial charge in [-0.15, -0.1) is 0 Å². The zero-order valence-corrected chi connectivity index (χ0v) is 9.67. The summed E-state index contributed by atoms with van der Waals surface area (Å²) in [6, 6.07) is 0.233. The molecule has 2 saturated heterocycles. The van der Waals surface area contributed by atoms with Gasteiger partial charge >= 0.3 is 0 Å². The van der Waals surface area contributed by atoms with Crippen molar-refractivity contribution in [3.63, 3.8) is 0 Å². The highest BCUT2D eigenvalue weighted by Crippen LogP contribution is 2.05. The van der Waals surface area contributed by atoms with Gasteiger partial charge in [-0.25, -0.2) is 0 Å². The molecule has 0 unspecified atom stereocenters. The second-order valence-corrected chi connectivity index (χ2v) is 4.91. The van der Waals surface area contributed by atoms with Crippen molar-refractivity contribution in [1.29, 1.82) is 0 Å². The number of amides is 1. The highest BCUT2D eigenvalue weighted by atomic mass is 16.2. The quantitative estimate of drug-likeness (QED) is 0.495. The van der Waals surface area contributed by atoms with Crippen molar-refractivity contribution in [2.75, 3.05) is 39.8 Å². The molecule has 2 aliphatic rings. The molecular weight excluding hydrogens is 190 g/mol. The smallest absolute Gasteiger partial charge is 0.281 e. The third-order valence-corrected chi connectivity index (χ3v) is 3.67. The molecule has 0 spiro atoms. The van der Waals surface area contributed by atoms with Gasteiger partial charge in [0.05, 0.1) is 39.8 Å². The van der Waals surface area contributed by atoms with Crippen molar-refractivity contribution in [3.05, 3.63) is 0 Å². The number of nitrogens with two attached hydrogens (primary N) is 1. The molecule has 0 radical (unpaired) electrons. The number of quaternary nitrogens is 2. The van der Waals surface area contributed by atoms with Gasteiger partial charge in [-0.2, -0.15) is 0 Å². The summed E-state index contributed by atoms with van der Waals surface area (Å²) >= 11 is 0. The Morgan fingerprint density at radius 3 is 2.67 bits per heavy atom. The Hall–Kier alpha value is -0.610. The molecule has 4 heteroatoms. The molecule has 0 bridgehead atoms. The molecule has 15 heavy (non-hydrogen) atoms. The van der Waals surface area contributed by atoms with Crippen LogP contribution in [0.1, 0.15) is 19.3 Å². The van der Waals surface area contributed by atoms with Gasteiger partial charge in [0.15, 0.2) is 6.04 Å². The zero-order chi connectivity index (χ0) is 10.7. The van der Waals surface area contributed by atoms with E-state index >= 15 is 0 Å². The lowest BCUT2D eigenvalue weighted by Gasteiger charge is -2.32. The predicted octanol–water partition coefficient (Wildman–Crippen LogP) is -2.54. The number of nitrogens with zero attached hydrogens (tertiary/aromatic N) is 1. The van der Waals surface area contributed by atoms with Crippen LogP contribution in [-0.2, 0) is 4.79 Å². The van der Waals surface area contributed by atoms with Crippen LogP contribution in [0.5, 0.6) is 0 Å². The third kappa shape index (κ3) is 2.69. The first kappa shape index (κ1) is 10.9. The molecule has 0 aliphatic carbocycles. The molecule has 4 nitrogen and oxygen atoms in total. The molecule has 1 atom stereocenters. The van der Waals surface area contributed by atoms with Crippen molar-refractivity contribution in [3.8, 4) is 0 Å². The monoisotopic (exact) mass is 213 g/mol. The van der Waals surface area contributed by atoms with E-state index < -0.39 is 0 Å². The average Bonchev–Trinajstić information content (AvgIpc) is 2.30. The summed E-state index contributed by atoms with van der Waals surface area (Å²) in [4.78, 5) is 15.8.